The number of aryl methyl sites for hydroxylation is 3. The van der Waals surface area contributed by atoms with Crippen molar-refractivity contribution >= 4 is 11.7 Å². The van der Waals surface area contributed by atoms with Gasteiger partial charge in [-0.3, -0.25) is 0 Å². The summed E-state index contributed by atoms with van der Waals surface area (Å²) < 4.78 is 0. The van der Waals surface area contributed by atoms with Crippen LogP contribution in [0.1, 0.15) is 41.5 Å². The van der Waals surface area contributed by atoms with Gasteiger partial charge in [-0.15, -0.1) is 0 Å². The average Bonchev–Trinajstić information content (AvgIpc) is 2.47. The monoisotopic (exact) mass is 308 g/mol. The van der Waals surface area contributed by atoms with Gasteiger partial charge in [0.15, 0.2) is 0 Å². The van der Waals surface area contributed by atoms with E-state index in [9.17, 15) is 4.79 Å². The first-order valence-corrected chi connectivity index (χ1v) is 8.23. The third kappa shape index (κ3) is 3.09. The normalized spacial score (nSPS) is 15.6. The highest BCUT2D eigenvalue weighted by Gasteiger charge is 2.40. The zero-order chi connectivity index (χ0) is 16.4. The number of urea groups is 1. The van der Waals surface area contributed by atoms with Gasteiger partial charge in [0.1, 0.15) is 0 Å². The van der Waals surface area contributed by atoms with E-state index in [1.807, 2.05) is 32.0 Å². The molecule has 0 atom stereocenters. The van der Waals surface area contributed by atoms with Gasteiger partial charge in [0.05, 0.1) is 5.54 Å². The maximum atomic E-state index is 12.6. The number of hydrogen-bond acceptors (Lipinski definition) is 1. The van der Waals surface area contributed by atoms with Crippen LogP contribution in [0.25, 0.3) is 0 Å². The zero-order valence-electron chi connectivity index (χ0n) is 14.1. The lowest BCUT2D eigenvalue weighted by molar-refractivity contribution is 0.185. The molecule has 0 heterocycles. The summed E-state index contributed by atoms with van der Waals surface area (Å²) in [7, 11) is 0. The smallest absolute Gasteiger partial charge is 0.319 e. The van der Waals surface area contributed by atoms with Crippen molar-refractivity contribution in [3.05, 3.63) is 64.7 Å². The van der Waals surface area contributed by atoms with E-state index in [0.717, 1.165) is 36.1 Å². The van der Waals surface area contributed by atoms with Crippen molar-refractivity contribution in [3.8, 4) is 0 Å². The fourth-order valence-corrected chi connectivity index (χ4v) is 3.51. The Labute approximate surface area is 138 Å². The largest absolute Gasteiger partial charge is 0.328 e. The van der Waals surface area contributed by atoms with Crippen molar-refractivity contribution < 1.29 is 4.79 Å². The summed E-state index contributed by atoms with van der Waals surface area (Å²) in [6, 6.07) is 14.3. The van der Waals surface area contributed by atoms with Crippen LogP contribution in [-0.4, -0.2) is 6.03 Å². The summed E-state index contributed by atoms with van der Waals surface area (Å²) >= 11 is 0. The van der Waals surface area contributed by atoms with Crippen LogP contribution in [0.3, 0.4) is 0 Å². The lowest BCUT2D eigenvalue weighted by Gasteiger charge is -2.43. The maximum absolute atomic E-state index is 12.6. The summed E-state index contributed by atoms with van der Waals surface area (Å²) in [6.07, 6.45) is 3.14. The SMILES string of the molecule is Cc1cc(C)c(NC(=O)NC2(c3ccccc3)CCC2)c(C)c1. The van der Waals surface area contributed by atoms with Gasteiger partial charge in [-0.05, 0) is 56.7 Å². The molecule has 3 nitrogen and oxygen atoms in total. The second-order valence-electron chi connectivity index (χ2n) is 6.65. The molecule has 23 heavy (non-hydrogen) atoms. The standard InChI is InChI=1S/C20H24N2O/c1-14-12-15(2)18(16(3)13-14)21-19(23)22-20(10-7-11-20)17-8-5-4-6-9-17/h4-6,8-9,12-13H,7,10-11H2,1-3H3,(H2,21,22,23). The molecule has 2 N–H and O–H groups in total. The third-order valence-corrected chi connectivity index (χ3v) is 4.80. The molecule has 120 valence electrons. The molecule has 2 amide bonds. The molecular weight excluding hydrogens is 284 g/mol. The molecule has 1 aliphatic carbocycles. The van der Waals surface area contributed by atoms with Gasteiger partial charge < -0.3 is 10.6 Å². The minimum Gasteiger partial charge on any atom is -0.328 e. The van der Waals surface area contributed by atoms with Gasteiger partial charge in [-0.2, -0.15) is 0 Å². The number of benzene rings is 2. The molecule has 0 aliphatic heterocycles. The Hall–Kier alpha value is -2.29. The van der Waals surface area contributed by atoms with E-state index in [-0.39, 0.29) is 11.6 Å². The molecule has 2 aromatic rings. The maximum Gasteiger partial charge on any atom is 0.319 e. The van der Waals surface area contributed by atoms with Crippen molar-refractivity contribution in [2.24, 2.45) is 0 Å². The van der Waals surface area contributed by atoms with Gasteiger partial charge >= 0.3 is 6.03 Å². The van der Waals surface area contributed by atoms with Gasteiger partial charge in [-0.25, -0.2) is 4.79 Å². The Bertz CT molecular complexity index is 695. The first kappa shape index (κ1) is 15.6. The molecule has 1 saturated carbocycles. The fraction of sp³-hybridized carbons (Fsp3) is 0.350. The summed E-state index contributed by atoms with van der Waals surface area (Å²) in [4.78, 5) is 12.6. The van der Waals surface area contributed by atoms with E-state index < -0.39 is 0 Å². The van der Waals surface area contributed by atoms with Gasteiger partial charge in [-0.1, -0.05) is 48.0 Å². The second-order valence-corrected chi connectivity index (χ2v) is 6.65. The molecule has 1 aliphatic rings. The molecule has 0 spiro atoms. The number of hydrogen-bond donors (Lipinski definition) is 2. The molecule has 2 aromatic carbocycles. The van der Waals surface area contributed by atoms with Crippen LogP contribution in [0, 0.1) is 20.8 Å². The zero-order valence-corrected chi connectivity index (χ0v) is 14.1. The number of carbonyl (C=O) groups is 1. The molecule has 0 bridgehead atoms. The van der Waals surface area contributed by atoms with Crippen LogP contribution >= 0.6 is 0 Å². The van der Waals surface area contributed by atoms with Crippen LogP contribution < -0.4 is 10.6 Å². The van der Waals surface area contributed by atoms with E-state index in [2.05, 4.69) is 41.8 Å². The van der Waals surface area contributed by atoms with Gasteiger partial charge in [0.25, 0.3) is 0 Å². The minimum absolute atomic E-state index is 0.122. The lowest BCUT2D eigenvalue weighted by Crippen LogP contribution is -2.52. The highest BCUT2D eigenvalue weighted by atomic mass is 16.2. The van der Waals surface area contributed by atoms with Crippen molar-refractivity contribution in [1.82, 2.24) is 5.32 Å². The van der Waals surface area contributed by atoms with Crippen LogP contribution in [0.15, 0.2) is 42.5 Å². The van der Waals surface area contributed by atoms with Gasteiger partial charge in [0.2, 0.25) is 0 Å². The van der Waals surface area contributed by atoms with Crippen LogP contribution in [0.4, 0.5) is 10.5 Å². The molecule has 3 rings (SSSR count). The summed E-state index contributed by atoms with van der Waals surface area (Å²) in [5, 5.41) is 6.26. The molecule has 0 aromatic heterocycles. The second kappa shape index (κ2) is 6.07. The Balaban J connectivity index is 1.77. The Morgan fingerprint density at radius 3 is 2.13 bits per heavy atom. The van der Waals surface area contributed by atoms with Crippen LogP contribution in [0.5, 0.6) is 0 Å². The Kier molecular flexibility index (Phi) is 4.12. The Morgan fingerprint density at radius 2 is 1.61 bits per heavy atom. The third-order valence-electron chi connectivity index (χ3n) is 4.80. The number of rotatable bonds is 3. The Morgan fingerprint density at radius 1 is 1.00 bits per heavy atom. The number of anilines is 1. The average molecular weight is 308 g/mol. The molecule has 0 unspecified atom stereocenters. The van der Waals surface area contributed by atoms with E-state index >= 15 is 0 Å². The number of amides is 2. The topological polar surface area (TPSA) is 41.1 Å². The van der Waals surface area contributed by atoms with E-state index in [0.29, 0.717) is 0 Å². The highest BCUT2D eigenvalue weighted by Crippen LogP contribution is 2.41. The predicted molar refractivity (Wildman–Crippen MR) is 94.8 cm³/mol. The van der Waals surface area contributed by atoms with Crippen molar-refractivity contribution in [2.45, 2.75) is 45.6 Å². The lowest BCUT2D eigenvalue weighted by atomic mass is 9.72. The van der Waals surface area contributed by atoms with Crippen molar-refractivity contribution in [3.63, 3.8) is 0 Å². The molecule has 0 saturated heterocycles. The van der Waals surface area contributed by atoms with Crippen LogP contribution in [-0.2, 0) is 5.54 Å². The summed E-state index contributed by atoms with van der Waals surface area (Å²) in [5.74, 6) is 0. The molecular formula is C20H24N2O. The first-order chi connectivity index (χ1) is 11.0. The van der Waals surface area contributed by atoms with E-state index in [1.165, 1.54) is 11.1 Å². The number of nitrogens with one attached hydrogen (secondary N) is 2. The summed E-state index contributed by atoms with van der Waals surface area (Å²) in [5.41, 5.74) is 5.30. The van der Waals surface area contributed by atoms with Crippen molar-refractivity contribution in [2.75, 3.05) is 5.32 Å². The first-order valence-electron chi connectivity index (χ1n) is 8.23. The fourth-order valence-electron chi connectivity index (χ4n) is 3.51. The quantitative estimate of drug-likeness (QED) is 0.839. The predicted octanol–water partition coefficient (Wildman–Crippen LogP) is 4.81. The summed E-state index contributed by atoms with van der Waals surface area (Å²) in [6.45, 7) is 6.14. The molecule has 3 heteroatoms. The van der Waals surface area contributed by atoms with Gasteiger partial charge in [0, 0.05) is 5.69 Å². The molecule has 0 radical (unpaired) electrons. The number of carbonyl (C=O) groups excluding carboxylic acids is 1. The van der Waals surface area contributed by atoms with Crippen molar-refractivity contribution in [1.29, 1.82) is 0 Å². The minimum atomic E-state index is -0.210. The van der Waals surface area contributed by atoms with Crippen LogP contribution in [0.2, 0.25) is 0 Å². The molecule has 1 fully saturated rings. The van der Waals surface area contributed by atoms with E-state index in [1.54, 1.807) is 0 Å². The van der Waals surface area contributed by atoms with E-state index in [4.69, 9.17) is 0 Å². The highest BCUT2D eigenvalue weighted by molar-refractivity contribution is 5.91.